The minimum atomic E-state index is -3.36. The highest BCUT2D eigenvalue weighted by Crippen LogP contribution is 1.84. The van der Waals surface area contributed by atoms with E-state index in [0.717, 1.165) is 12.8 Å². The zero-order valence-electron chi connectivity index (χ0n) is 8.45. The summed E-state index contributed by atoms with van der Waals surface area (Å²) >= 11 is 0. The Labute approximate surface area is 85.4 Å². The van der Waals surface area contributed by atoms with E-state index >= 15 is 0 Å². The molecule has 0 aliphatic rings. The quantitative estimate of drug-likeness (QED) is 0.429. The van der Waals surface area contributed by atoms with Crippen LogP contribution >= 0.6 is 0 Å². The topological polar surface area (TPSA) is 93.4 Å². The van der Waals surface area contributed by atoms with Crippen molar-refractivity contribution in [3.05, 3.63) is 0 Å². The van der Waals surface area contributed by atoms with Crippen molar-refractivity contribution in [2.24, 2.45) is 5.73 Å². The summed E-state index contributed by atoms with van der Waals surface area (Å²) in [6.07, 6.45) is 1.57. The highest BCUT2D eigenvalue weighted by molar-refractivity contribution is 7.87. The molecule has 0 aromatic carbocycles. The molecule has 0 amide bonds. The maximum atomic E-state index is 11.2. The second-order valence-corrected chi connectivity index (χ2v) is 4.36. The fraction of sp³-hybridized carbons (Fsp3) is 1.00. The van der Waals surface area contributed by atoms with E-state index in [4.69, 9.17) is 10.5 Å². The van der Waals surface area contributed by atoms with Crippen LogP contribution in [0.25, 0.3) is 0 Å². The van der Waals surface area contributed by atoms with Gasteiger partial charge in [-0.25, -0.2) is 4.72 Å². The molecule has 0 unspecified atom stereocenters. The summed E-state index contributed by atoms with van der Waals surface area (Å²) in [6.45, 7) is 1.64. The zero-order valence-corrected chi connectivity index (χ0v) is 9.27. The Morgan fingerprint density at radius 1 is 1.21 bits per heavy atom. The Hall–Kier alpha value is -0.210. The lowest BCUT2D eigenvalue weighted by molar-refractivity contribution is 0.204. The van der Waals surface area contributed by atoms with E-state index in [-0.39, 0.29) is 6.54 Å². The molecule has 0 radical (unpaired) electrons. The van der Waals surface area contributed by atoms with Gasteiger partial charge in [-0.15, -0.1) is 0 Å². The fourth-order valence-corrected chi connectivity index (χ4v) is 1.67. The standard InChI is InChI=1S/C7H19N3O3S/c1-13-7-6-10-14(11,12)9-5-3-2-4-8/h9-10H,2-8H2,1H3. The lowest BCUT2D eigenvalue weighted by Gasteiger charge is -2.07. The second-order valence-electron chi connectivity index (χ2n) is 2.78. The van der Waals surface area contributed by atoms with Crippen LogP contribution < -0.4 is 15.2 Å². The number of nitrogens with two attached hydrogens (primary N) is 1. The van der Waals surface area contributed by atoms with Crippen LogP contribution in [0.4, 0.5) is 0 Å². The Morgan fingerprint density at radius 2 is 1.86 bits per heavy atom. The van der Waals surface area contributed by atoms with Crippen LogP contribution in [0.3, 0.4) is 0 Å². The number of methoxy groups -OCH3 is 1. The van der Waals surface area contributed by atoms with Gasteiger partial charge in [-0.2, -0.15) is 13.1 Å². The van der Waals surface area contributed by atoms with Crippen molar-refractivity contribution < 1.29 is 13.2 Å². The third-order valence-corrected chi connectivity index (χ3v) is 2.69. The highest BCUT2D eigenvalue weighted by atomic mass is 32.2. The third kappa shape index (κ3) is 8.39. The molecule has 7 heteroatoms. The predicted octanol–water partition coefficient (Wildman–Crippen LogP) is -1.20. The summed E-state index contributed by atoms with van der Waals surface area (Å²) in [5.74, 6) is 0. The average Bonchev–Trinajstić information content (AvgIpc) is 2.13. The minimum Gasteiger partial charge on any atom is -0.383 e. The van der Waals surface area contributed by atoms with E-state index in [1.165, 1.54) is 7.11 Å². The van der Waals surface area contributed by atoms with Crippen molar-refractivity contribution in [1.82, 2.24) is 9.44 Å². The molecule has 6 nitrogen and oxygen atoms in total. The molecule has 14 heavy (non-hydrogen) atoms. The first-order valence-electron chi connectivity index (χ1n) is 4.55. The number of nitrogens with one attached hydrogen (secondary N) is 2. The van der Waals surface area contributed by atoms with E-state index in [9.17, 15) is 8.42 Å². The van der Waals surface area contributed by atoms with Crippen molar-refractivity contribution in [3.63, 3.8) is 0 Å². The van der Waals surface area contributed by atoms with Gasteiger partial charge in [0.15, 0.2) is 0 Å². The molecule has 0 aromatic rings. The molecule has 4 N–H and O–H groups in total. The van der Waals surface area contributed by atoms with Gasteiger partial charge in [0.2, 0.25) is 0 Å². The van der Waals surface area contributed by atoms with Crippen LogP contribution in [0.5, 0.6) is 0 Å². The molecule has 0 rings (SSSR count). The second kappa shape index (κ2) is 8.13. The zero-order chi connectivity index (χ0) is 10.9. The van der Waals surface area contributed by atoms with Gasteiger partial charge >= 0.3 is 0 Å². The maximum absolute atomic E-state index is 11.2. The van der Waals surface area contributed by atoms with Gasteiger partial charge in [-0.3, -0.25) is 0 Å². The highest BCUT2D eigenvalue weighted by Gasteiger charge is 2.06. The summed E-state index contributed by atoms with van der Waals surface area (Å²) in [7, 11) is -1.84. The van der Waals surface area contributed by atoms with E-state index < -0.39 is 10.2 Å². The van der Waals surface area contributed by atoms with Crippen molar-refractivity contribution >= 4 is 10.2 Å². The van der Waals surface area contributed by atoms with Crippen LogP contribution in [0.1, 0.15) is 12.8 Å². The number of hydrogen-bond donors (Lipinski definition) is 3. The molecule has 0 saturated carbocycles. The number of hydrogen-bond acceptors (Lipinski definition) is 4. The maximum Gasteiger partial charge on any atom is 0.276 e. The molecule has 0 saturated heterocycles. The third-order valence-electron chi connectivity index (χ3n) is 1.52. The smallest absolute Gasteiger partial charge is 0.276 e. The lowest BCUT2D eigenvalue weighted by Crippen LogP contribution is -2.38. The Bertz CT molecular complexity index is 218. The molecule has 0 aliphatic heterocycles. The largest absolute Gasteiger partial charge is 0.383 e. The monoisotopic (exact) mass is 225 g/mol. The Kier molecular flexibility index (Phi) is 8.01. The van der Waals surface area contributed by atoms with Gasteiger partial charge in [0.05, 0.1) is 6.61 Å². The number of ether oxygens (including phenoxy) is 1. The van der Waals surface area contributed by atoms with Gasteiger partial charge < -0.3 is 10.5 Å². The van der Waals surface area contributed by atoms with E-state index in [1.54, 1.807) is 0 Å². The first kappa shape index (κ1) is 13.8. The molecular weight excluding hydrogens is 206 g/mol. The van der Waals surface area contributed by atoms with Crippen molar-refractivity contribution in [3.8, 4) is 0 Å². The van der Waals surface area contributed by atoms with Crippen molar-refractivity contribution in [2.45, 2.75) is 12.8 Å². The molecule has 0 aromatic heterocycles. The van der Waals surface area contributed by atoms with E-state index in [1.807, 2.05) is 0 Å². The van der Waals surface area contributed by atoms with Gasteiger partial charge in [-0.1, -0.05) is 0 Å². The van der Waals surface area contributed by atoms with Crippen molar-refractivity contribution in [1.29, 1.82) is 0 Å². The van der Waals surface area contributed by atoms with Crippen LogP contribution in [0.15, 0.2) is 0 Å². The molecule has 0 atom stereocenters. The van der Waals surface area contributed by atoms with E-state index in [2.05, 4.69) is 9.44 Å². The van der Waals surface area contributed by atoms with Crippen LogP contribution in [-0.2, 0) is 14.9 Å². The van der Waals surface area contributed by atoms with Crippen LogP contribution in [-0.4, -0.2) is 41.8 Å². The summed E-state index contributed by atoms with van der Waals surface area (Å²) in [4.78, 5) is 0. The molecule has 0 bridgehead atoms. The molecular formula is C7H19N3O3S. The Balaban J connectivity index is 3.52. The first-order chi connectivity index (χ1) is 6.62. The fourth-order valence-electron chi connectivity index (χ4n) is 0.805. The first-order valence-corrected chi connectivity index (χ1v) is 6.04. The molecule has 0 heterocycles. The number of unbranched alkanes of at least 4 members (excludes halogenated alkanes) is 1. The van der Waals surface area contributed by atoms with Crippen LogP contribution in [0.2, 0.25) is 0 Å². The molecule has 0 aliphatic carbocycles. The normalized spacial score (nSPS) is 11.9. The van der Waals surface area contributed by atoms with Crippen LogP contribution in [0, 0.1) is 0 Å². The SMILES string of the molecule is COCCNS(=O)(=O)NCCCCN. The summed E-state index contributed by atoms with van der Waals surface area (Å²) < 4.78 is 31.8. The molecule has 0 spiro atoms. The van der Waals surface area contributed by atoms with Gasteiger partial charge in [0, 0.05) is 20.2 Å². The van der Waals surface area contributed by atoms with Gasteiger partial charge in [0.1, 0.15) is 0 Å². The average molecular weight is 225 g/mol. The Morgan fingerprint density at radius 3 is 2.43 bits per heavy atom. The number of rotatable bonds is 9. The summed E-state index contributed by atoms with van der Waals surface area (Å²) in [5, 5.41) is 0. The van der Waals surface area contributed by atoms with E-state index in [0.29, 0.717) is 19.7 Å². The van der Waals surface area contributed by atoms with Gasteiger partial charge in [-0.05, 0) is 19.4 Å². The lowest BCUT2D eigenvalue weighted by atomic mass is 10.3. The molecule has 0 fully saturated rings. The summed E-state index contributed by atoms with van der Waals surface area (Å²) in [6, 6.07) is 0. The predicted molar refractivity (Wildman–Crippen MR) is 55.1 cm³/mol. The minimum absolute atomic E-state index is 0.280. The van der Waals surface area contributed by atoms with Crippen molar-refractivity contribution in [2.75, 3.05) is 33.4 Å². The summed E-state index contributed by atoms with van der Waals surface area (Å²) in [5.41, 5.74) is 5.27. The molecule has 86 valence electrons. The van der Waals surface area contributed by atoms with Gasteiger partial charge in [0.25, 0.3) is 10.2 Å².